The summed E-state index contributed by atoms with van der Waals surface area (Å²) in [4.78, 5) is 1.31. The van der Waals surface area contributed by atoms with Crippen molar-refractivity contribution < 1.29 is 0 Å². The molecule has 2 rings (SSSR count). The van der Waals surface area contributed by atoms with Crippen molar-refractivity contribution in [2.24, 2.45) is 0 Å². The Morgan fingerprint density at radius 1 is 1.38 bits per heavy atom. The van der Waals surface area contributed by atoms with E-state index in [0.717, 1.165) is 6.54 Å². The zero-order chi connectivity index (χ0) is 9.10. The molecule has 0 unspecified atom stereocenters. The Morgan fingerprint density at radius 3 is 2.77 bits per heavy atom. The maximum atomic E-state index is 3.49. The largest absolute Gasteiger partial charge is 0.321 e. The Labute approximate surface area is 89.3 Å². The van der Waals surface area contributed by atoms with E-state index in [2.05, 4.69) is 32.8 Å². The predicted molar refractivity (Wildman–Crippen MR) is 59.5 cm³/mol. The molecule has 4 heteroatoms. The summed E-state index contributed by atoms with van der Waals surface area (Å²) in [6, 6.07) is 6.06. The summed E-state index contributed by atoms with van der Waals surface area (Å²) in [5.41, 5.74) is 3.26. The molecule has 0 saturated carbocycles. The first-order chi connectivity index (χ1) is 6.36. The topological polar surface area (TPSA) is 17.0 Å². The molecule has 2 aromatic rings. The molecule has 2 nitrogen and oxygen atoms in total. The van der Waals surface area contributed by atoms with Crippen LogP contribution in [0.3, 0.4) is 0 Å². The fraction of sp³-hybridized carbons (Fsp3) is 0.111. The first-order valence-corrected chi connectivity index (χ1v) is 5.62. The summed E-state index contributed by atoms with van der Waals surface area (Å²) in [5.74, 6) is 0. The quantitative estimate of drug-likeness (QED) is 0.894. The number of hydrogen-bond donors (Lipinski definition) is 1. The van der Waals surface area contributed by atoms with Gasteiger partial charge in [0.25, 0.3) is 0 Å². The average molecular weight is 257 g/mol. The van der Waals surface area contributed by atoms with Gasteiger partial charge in [-0.05, 0) is 39.5 Å². The lowest BCUT2D eigenvalue weighted by atomic mass is 10.5. The molecule has 2 aromatic heterocycles. The molecular formula is C9H9BrN2S. The van der Waals surface area contributed by atoms with Crippen LogP contribution in [0.5, 0.6) is 0 Å². The molecule has 0 amide bonds. The number of nitrogens with one attached hydrogen (secondary N) is 1. The maximum absolute atomic E-state index is 3.49. The van der Waals surface area contributed by atoms with Crippen LogP contribution in [0.15, 0.2) is 40.4 Å². The number of thiophene rings is 1. The summed E-state index contributed by atoms with van der Waals surface area (Å²) in [6.45, 7) is 0.854. The van der Waals surface area contributed by atoms with Crippen LogP contribution < -0.4 is 5.43 Å². The van der Waals surface area contributed by atoms with Crippen LogP contribution in [0.4, 0.5) is 0 Å². The number of hydrogen-bond acceptors (Lipinski definition) is 2. The fourth-order valence-corrected chi connectivity index (χ4v) is 2.48. The van der Waals surface area contributed by atoms with Gasteiger partial charge >= 0.3 is 0 Å². The van der Waals surface area contributed by atoms with Crippen molar-refractivity contribution in [2.75, 3.05) is 5.43 Å². The smallest absolute Gasteiger partial charge is 0.0668 e. The van der Waals surface area contributed by atoms with Crippen LogP contribution in [0.2, 0.25) is 0 Å². The fourth-order valence-electron chi connectivity index (χ4n) is 1.05. The van der Waals surface area contributed by atoms with Gasteiger partial charge in [-0.25, -0.2) is 0 Å². The van der Waals surface area contributed by atoms with Crippen molar-refractivity contribution in [3.05, 3.63) is 45.3 Å². The molecule has 0 spiro atoms. The van der Waals surface area contributed by atoms with Crippen LogP contribution in [-0.2, 0) is 6.54 Å². The van der Waals surface area contributed by atoms with Gasteiger partial charge in [-0.1, -0.05) is 0 Å². The van der Waals surface area contributed by atoms with Gasteiger partial charge in [-0.2, -0.15) is 0 Å². The molecule has 1 N–H and O–H groups in total. The summed E-state index contributed by atoms with van der Waals surface area (Å²) >= 11 is 5.24. The van der Waals surface area contributed by atoms with Gasteiger partial charge in [0.05, 0.1) is 6.54 Å². The third kappa shape index (κ3) is 2.14. The molecule has 0 aliphatic carbocycles. The SMILES string of the molecule is Brc1ccsc1CNn1cccc1. The van der Waals surface area contributed by atoms with Gasteiger partial charge < -0.3 is 5.43 Å². The highest BCUT2D eigenvalue weighted by Gasteiger charge is 1.99. The Hall–Kier alpha value is -0.740. The van der Waals surface area contributed by atoms with E-state index in [9.17, 15) is 0 Å². The number of rotatable bonds is 3. The number of aromatic nitrogens is 1. The second-order valence-corrected chi connectivity index (χ2v) is 4.47. The summed E-state index contributed by atoms with van der Waals surface area (Å²) in [6.07, 6.45) is 3.98. The zero-order valence-corrected chi connectivity index (χ0v) is 9.31. The second kappa shape index (κ2) is 3.98. The van der Waals surface area contributed by atoms with Crippen LogP contribution in [0.25, 0.3) is 0 Å². The van der Waals surface area contributed by atoms with E-state index in [0.29, 0.717) is 0 Å². The zero-order valence-electron chi connectivity index (χ0n) is 6.90. The molecule has 0 aromatic carbocycles. The minimum Gasteiger partial charge on any atom is -0.321 e. The molecule has 2 heterocycles. The molecule has 0 saturated heterocycles. The lowest BCUT2D eigenvalue weighted by Gasteiger charge is -2.05. The Bertz CT molecular complexity index is 367. The highest BCUT2D eigenvalue weighted by atomic mass is 79.9. The highest BCUT2D eigenvalue weighted by molar-refractivity contribution is 9.10. The highest BCUT2D eigenvalue weighted by Crippen LogP contribution is 2.22. The normalized spacial score (nSPS) is 10.2. The van der Waals surface area contributed by atoms with Gasteiger partial charge in [0.1, 0.15) is 0 Å². The first-order valence-electron chi connectivity index (χ1n) is 3.95. The number of nitrogens with zero attached hydrogens (tertiary/aromatic N) is 1. The van der Waals surface area contributed by atoms with E-state index in [-0.39, 0.29) is 0 Å². The third-order valence-electron chi connectivity index (χ3n) is 1.72. The molecule has 0 atom stereocenters. The van der Waals surface area contributed by atoms with E-state index < -0.39 is 0 Å². The maximum Gasteiger partial charge on any atom is 0.0668 e. The summed E-state index contributed by atoms with van der Waals surface area (Å²) < 4.78 is 3.13. The van der Waals surface area contributed by atoms with Crippen LogP contribution in [0, 0.1) is 0 Å². The molecule has 68 valence electrons. The Balaban J connectivity index is 1.97. The standard InChI is InChI=1S/C9H9BrN2S/c10-8-3-6-13-9(8)7-11-12-4-1-2-5-12/h1-6,11H,7H2. The molecule has 13 heavy (non-hydrogen) atoms. The van der Waals surface area contributed by atoms with E-state index in [1.165, 1.54) is 9.35 Å². The van der Waals surface area contributed by atoms with Crippen LogP contribution in [0.1, 0.15) is 4.88 Å². The van der Waals surface area contributed by atoms with Crippen molar-refractivity contribution in [2.45, 2.75) is 6.54 Å². The Morgan fingerprint density at radius 2 is 2.15 bits per heavy atom. The van der Waals surface area contributed by atoms with Gasteiger partial charge in [0.2, 0.25) is 0 Å². The minimum atomic E-state index is 0.854. The molecule has 0 radical (unpaired) electrons. The van der Waals surface area contributed by atoms with Crippen LogP contribution in [-0.4, -0.2) is 4.68 Å². The van der Waals surface area contributed by atoms with Gasteiger partial charge in [-0.3, -0.25) is 4.68 Å². The van der Waals surface area contributed by atoms with E-state index >= 15 is 0 Å². The molecule has 0 fully saturated rings. The molecule has 0 aliphatic rings. The average Bonchev–Trinajstić information content (AvgIpc) is 2.72. The van der Waals surface area contributed by atoms with Gasteiger partial charge in [0.15, 0.2) is 0 Å². The minimum absolute atomic E-state index is 0.854. The Kier molecular flexibility index (Phi) is 2.71. The number of halogens is 1. The van der Waals surface area contributed by atoms with Crippen LogP contribution >= 0.6 is 27.3 Å². The molecular weight excluding hydrogens is 248 g/mol. The predicted octanol–water partition coefficient (Wildman–Crippen LogP) is 3.06. The monoisotopic (exact) mass is 256 g/mol. The summed E-state index contributed by atoms with van der Waals surface area (Å²) in [5, 5.41) is 2.08. The van der Waals surface area contributed by atoms with Crippen molar-refractivity contribution >= 4 is 27.3 Å². The second-order valence-electron chi connectivity index (χ2n) is 2.62. The van der Waals surface area contributed by atoms with E-state index in [1.54, 1.807) is 11.3 Å². The van der Waals surface area contributed by atoms with Crippen molar-refractivity contribution in [1.29, 1.82) is 0 Å². The van der Waals surface area contributed by atoms with Gasteiger partial charge in [0, 0.05) is 21.7 Å². The molecule has 0 bridgehead atoms. The first kappa shape index (κ1) is 8.84. The summed E-state index contributed by atoms with van der Waals surface area (Å²) in [7, 11) is 0. The third-order valence-corrected chi connectivity index (χ3v) is 3.64. The lowest BCUT2D eigenvalue weighted by Crippen LogP contribution is -2.10. The van der Waals surface area contributed by atoms with Gasteiger partial charge in [-0.15, -0.1) is 11.3 Å². The van der Waals surface area contributed by atoms with E-state index in [4.69, 9.17) is 0 Å². The lowest BCUT2D eigenvalue weighted by molar-refractivity contribution is 0.853. The van der Waals surface area contributed by atoms with Crippen molar-refractivity contribution in [3.8, 4) is 0 Å². The van der Waals surface area contributed by atoms with Crippen molar-refractivity contribution in [3.63, 3.8) is 0 Å². The molecule has 0 aliphatic heterocycles. The van der Waals surface area contributed by atoms with Crippen molar-refractivity contribution in [1.82, 2.24) is 4.68 Å². The van der Waals surface area contributed by atoms with E-state index in [1.807, 2.05) is 29.2 Å².